The lowest BCUT2D eigenvalue weighted by Gasteiger charge is -1.94. The molecule has 0 aliphatic carbocycles. The van der Waals surface area contributed by atoms with Gasteiger partial charge in [0.25, 0.3) is 0 Å². The number of amides is 1. The molecule has 4 nitrogen and oxygen atoms in total. The van der Waals surface area contributed by atoms with Crippen molar-refractivity contribution in [2.45, 2.75) is 0 Å². The van der Waals surface area contributed by atoms with Crippen molar-refractivity contribution in [2.24, 2.45) is 0 Å². The number of halogens is 1. The van der Waals surface area contributed by atoms with Gasteiger partial charge in [-0.25, -0.2) is 4.79 Å². The van der Waals surface area contributed by atoms with Crippen LogP contribution in [0.3, 0.4) is 0 Å². The highest BCUT2D eigenvalue weighted by Gasteiger charge is 2.00. The summed E-state index contributed by atoms with van der Waals surface area (Å²) in [5.41, 5.74) is 0. The van der Waals surface area contributed by atoms with Gasteiger partial charge in [0.2, 0.25) is 5.91 Å². The standard InChI is InChI=1S/C8H6BrNO3S/c9-5-1-3-7(14-5)10-6(11)2-4-8(12)13/h1-4H,(H,10,11)(H,12,13)/b4-2+. The van der Waals surface area contributed by atoms with Gasteiger partial charge in [-0.3, -0.25) is 4.79 Å². The van der Waals surface area contributed by atoms with Crippen LogP contribution in [-0.4, -0.2) is 17.0 Å². The van der Waals surface area contributed by atoms with E-state index in [-0.39, 0.29) is 0 Å². The van der Waals surface area contributed by atoms with Gasteiger partial charge in [-0.1, -0.05) is 0 Å². The van der Waals surface area contributed by atoms with Crippen LogP contribution in [0.15, 0.2) is 28.1 Å². The lowest BCUT2D eigenvalue weighted by atomic mass is 10.4. The fraction of sp³-hybridized carbons (Fsp3) is 0. The molecule has 0 fully saturated rings. The van der Waals surface area contributed by atoms with Crippen LogP contribution in [-0.2, 0) is 9.59 Å². The Morgan fingerprint density at radius 2 is 2.14 bits per heavy atom. The van der Waals surface area contributed by atoms with Gasteiger partial charge in [0, 0.05) is 12.2 Å². The third kappa shape index (κ3) is 3.71. The summed E-state index contributed by atoms with van der Waals surface area (Å²) in [5.74, 6) is -1.60. The van der Waals surface area contributed by atoms with E-state index in [9.17, 15) is 9.59 Å². The van der Waals surface area contributed by atoms with Crippen LogP contribution >= 0.6 is 27.3 Å². The van der Waals surface area contributed by atoms with Crippen LogP contribution in [0.25, 0.3) is 0 Å². The van der Waals surface area contributed by atoms with E-state index in [1.165, 1.54) is 11.3 Å². The Hall–Kier alpha value is -1.14. The Balaban J connectivity index is 2.53. The minimum atomic E-state index is -1.15. The molecule has 0 spiro atoms. The van der Waals surface area contributed by atoms with Crippen LogP contribution in [0.5, 0.6) is 0 Å². The van der Waals surface area contributed by atoms with Gasteiger partial charge in [0.15, 0.2) is 0 Å². The van der Waals surface area contributed by atoms with Gasteiger partial charge in [-0.15, -0.1) is 11.3 Å². The Morgan fingerprint density at radius 3 is 2.64 bits per heavy atom. The first-order valence-electron chi connectivity index (χ1n) is 3.55. The third-order valence-corrected chi connectivity index (χ3v) is 2.74. The van der Waals surface area contributed by atoms with E-state index in [0.717, 1.165) is 15.9 Å². The predicted molar refractivity (Wildman–Crippen MR) is 57.4 cm³/mol. The van der Waals surface area contributed by atoms with Crippen molar-refractivity contribution in [3.05, 3.63) is 28.1 Å². The largest absolute Gasteiger partial charge is 0.478 e. The highest BCUT2D eigenvalue weighted by Crippen LogP contribution is 2.26. The maximum atomic E-state index is 11.1. The molecule has 6 heteroatoms. The van der Waals surface area contributed by atoms with E-state index >= 15 is 0 Å². The molecule has 0 radical (unpaired) electrons. The monoisotopic (exact) mass is 275 g/mol. The second-order valence-electron chi connectivity index (χ2n) is 2.26. The van der Waals surface area contributed by atoms with E-state index in [4.69, 9.17) is 5.11 Å². The molecule has 0 atom stereocenters. The number of carbonyl (C=O) groups excluding carboxylic acids is 1. The summed E-state index contributed by atoms with van der Waals surface area (Å²) in [6, 6.07) is 3.52. The number of anilines is 1. The maximum absolute atomic E-state index is 11.1. The second kappa shape index (κ2) is 4.92. The zero-order chi connectivity index (χ0) is 10.6. The second-order valence-corrected chi connectivity index (χ2v) is 4.73. The molecule has 1 rings (SSSR count). The van der Waals surface area contributed by atoms with E-state index in [0.29, 0.717) is 5.00 Å². The van der Waals surface area contributed by atoms with E-state index < -0.39 is 11.9 Å². The number of carboxylic acids is 1. The molecule has 1 aromatic rings. The number of rotatable bonds is 3. The summed E-state index contributed by atoms with van der Waals surface area (Å²) < 4.78 is 0.898. The summed E-state index contributed by atoms with van der Waals surface area (Å²) in [6.07, 6.45) is 1.76. The van der Waals surface area contributed by atoms with Gasteiger partial charge >= 0.3 is 5.97 Å². The molecule has 14 heavy (non-hydrogen) atoms. The van der Waals surface area contributed by atoms with Crippen LogP contribution in [0, 0.1) is 0 Å². The Labute approximate surface area is 92.4 Å². The minimum Gasteiger partial charge on any atom is -0.478 e. The van der Waals surface area contributed by atoms with Crippen molar-refractivity contribution in [3.8, 4) is 0 Å². The summed E-state index contributed by atoms with van der Waals surface area (Å²) in [4.78, 5) is 21.1. The molecule has 0 unspecified atom stereocenters. The van der Waals surface area contributed by atoms with Crippen LogP contribution in [0.1, 0.15) is 0 Å². The lowest BCUT2D eigenvalue weighted by molar-refractivity contribution is -0.131. The molecule has 0 aliphatic heterocycles. The van der Waals surface area contributed by atoms with Crippen molar-refractivity contribution in [1.29, 1.82) is 0 Å². The number of nitrogens with one attached hydrogen (secondary N) is 1. The van der Waals surface area contributed by atoms with Crippen molar-refractivity contribution >= 4 is 44.1 Å². The molecule has 0 saturated carbocycles. The molecule has 0 saturated heterocycles. The van der Waals surface area contributed by atoms with Gasteiger partial charge in [0.1, 0.15) is 0 Å². The molecular formula is C8H6BrNO3S. The first-order chi connectivity index (χ1) is 6.58. The summed E-state index contributed by atoms with van der Waals surface area (Å²) in [6.45, 7) is 0. The van der Waals surface area contributed by atoms with Gasteiger partial charge < -0.3 is 10.4 Å². The predicted octanol–water partition coefficient (Wildman–Crippen LogP) is 2.09. The molecule has 0 aliphatic rings. The molecule has 74 valence electrons. The van der Waals surface area contributed by atoms with Gasteiger partial charge in [0.05, 0.1) is 8.79 Å². The number of carbonyl (C=O) groups is 2. The highest BCUT2D eigenvalue weighted by molar-refractivity contribution is 9.11. The average Bonchev–Trinajstić information content (AvgIpc) is 2.48. The zero-order valence-electron chi connectivity index (χ0n) is 6.86. The molecule has 1 amide bonds. The number of hydrogen-bond acceptors (Lipinski definition) is 3. The molecule has 0 bridgehead atoms. The first-order valence-corrected chi connectivity index (χ1v) is 5.16. The summed E-state index contributed by atoms with van der Waals surface area (Å²) in [7, 11) is 0. The number of aliphatic carboxylic acids is 1. The quantitative estimate of drug-likeness (QED) is 0.831. The molecule has 0 aromatic carbocycles. The molecule has 1 aromatic heterocycles. The smallest absolute Gasteiger partial charge is 0.328 e. The van der Waals surface area contributed by atoms with E-state index in [1.807, 2.05) is 0 Å². The molecular weight excluding hydrogens is 270 g/mol. The number of carboxylic acid groups (broad SMARTS) is 1. The van der Waals surface area contributed by atoms with Crippen LogP contribution in [0.4, 0.5) is 5.00 Å². The minimum absolute atomic E-state index is 0.457. The number of hydrogen-bond donors (Lipinski definition) is 2. The van der Waals surface area contributed by atoms with Crippen molar-refractivity contribution in [2.75, 3.05) is 5.32 Å². The SMILES string of the molecule is O=C(O)/C=C/C(=O)Nc1ccc(Br)s1. The first kappa shape index (κ1) is 10.9. The fourth-order valence-corrected chi connectivity index (χ4v) is 1.98. The van der Waals surface area contributed by atoms with E-state index in [1.54, 1.807) is 12.1 Å². The van der Waals surface area contributed by atoms with Gasteiger partial charge in [-0.2, -0.15) is 0 Å². The average molecular weight is 276 g/mol. The maximum Gasteiger partial charge on any atom is 0.328 e. The van der Waals surface area contributed by atoms with Crippen molar-refractivity contribution in [3.63, 3.8) is 0 Å². The number of thiophene rings is 1. The van der Waals surface area contributed by atoms with Crippen LogP contribution in [0.2, 0.25) is 0 Å². The lowest BCUT2D eigenvalue weighted by Crippen LogP contribution is -2.07. The van der Waals surface area contributed by atoms with Crippen molar-refractivity contribution < 1.29 is 14.7 Å². The highest BCUT2D eigenvalue weighted by atomic mass is 79.9. The normalized spacial score (nSPS) is 10.4. The summed E-state index contributed by atoms with van der Waals surface area (Å²) in [5, 5.41) is 11.4. The van der Waals surface area contributed by atoms with Crippen molar-refractivity contribution in [1.82, 2.24) is 0 Å². The van der Waals surface area contributed by atoms with E-state index in [2.05, 4.69) is 21.2 Å². The Kier molecular flexibility index (Phi) is 3.84. The van der Waals surface area contributed by atoms with Crippen LogP contribution < -0.4 is 5.32 Å². The summed E-state index contributed by atoms with van der Waals surface area (Å²) >= 11 is 4.59. The Bertz CT molecular complexity index is 386. The Morgan fingerprint density at radius 1 is 1.43 bits per heavy atom. The third-order valence-electron chi connectivity index (χ3n) is 1.20. The van der Waals surface area contributed by atoms with Gasteiger partial charge in [-0.05, 0) is 28.1 Å². The molecule has 1 heterocycles. The topological polar surface area (TPSA) is 66.4 Å². The molecule has 2 N–H and O–H groups in total. The fourth-order valence-electron chi connectivity index (χ4n) is 0.692. The zero-order valence-corrected chi connectivity index (χ0v) is 9.26.